The van der Waals surface area contributed by atoms with Gasteiger partial charge in [-0.05, 0) is 31.0 Å². The van der Waals surface area contributed by atoms with Crippen molar-refractivity contribution >= 4 is 34.8 Å². The maximum Gasteiger partial charge on any atom is 0.231 e. The molecule has 1 saturated carbocycles. The molecule has 0 unspecified atom stereocenters. The summed E-state index contributed by atoms with van der Waals surface area (Å²) in [6.07, 6.45) is 4.83. The van der Waals surface area contributed by atoms with Crippen LogP contribution < -0.4 is 14.8 Å². The average molecular weight is 405 g/mol. The third-order valence-corrected chi connectivity index (χ3v) is 6.68. The van der Waals surface area contributed by atoms with Gasteiger partial charge in [0.2, 0.25) is 12.7 Å². The molecule has 0 bridgehead atoms. The second kappa shape index (κ2) is 8.31. The van der Waals surface area contributed by atoms with Gasteiger partial charge in [-0.15, -0.1) is 11.3 Å². The van der Waals surface area contributed by atoms with Crippen LogP contribution in [0.4, 0.5) is 0 Å². The van der Waals surface area contributed by atoms with Gasteiger partial charge in [-0.2, -0.15) is 0 Å². The van der Waals surface area contributed by atoms with E-state index >= 15 is 0 Å². The number of hydrogen-bond donors (Lipinski definition) is 1. The Hall–Kier alpha value is -2.06. The van der Waals surface area contributed by atoms with Crippen LogP contribution in [0.5, 0.6) is 11.5 Å². The standard InChI is InChI=1S/C19H20N2O4S2/c22-15(12-5-6-16-17(7-12)25-11-24-16)10-27-19-21-14(9-26-19)8-18(23)20-13-3-1-2-4-13/h5-7,9,13H,1-4,8,10-11H2,(H,20,23). The lowest BCUT2D eigenvalue weighted by atomic mass is 10.1. The molecule has 8 heteroatoms. The van der Waals surface area contributed by atoms with E-state index in [0.29, 0.717) is 35.3 Å². The van der Waals surface area contributed by atoms with Gasteiger partial charge in [0.1, 0.15) is 0 Å². The number of aromatic nitrogens is 1. The number of benzene rings is 1. The molecule has 4 rings (SSSR count). The molecule has 2 aliphatic rings. The molecule has 1 aromatic carbocycles. The van der Waals surface area contributed by atoms with Crippen LogP contribution in [0.2, 0.25) is 0 Å². The maximum atomic E-state index is 12.4. The molecule has 1 aromatic heterocycles. The van der Waals surface area contributed by atoms with Gasteiger partial charge in [-0.3, -0.25) is 9.59 Å². The fourth-order valence-electron chi connectivity index (χ4n) is 3.23. The lowest BCUT2D eigenvalue weighted by molar-refractivity contribution is -0.121. The Morgan fingerprint density at radius 2 is 2.04 bits per heavy atom. The molecule has 0 saturated heterocycles. The van der Waals surface area contributed by atoms with Crippen molar-refractivity contribution in [2.24, 2.45) is 0 Å². The first kappa shape index (κ1) is 18.3. The summed E-state index contributed by atoms with van der Waals surface area (Å²) in [6.45, 7) is 0.192. The topological polar surface area (TPSA) is 77.5 Å². The molecule has 1 aliphatic carbocycles. The van der Waals surface area contributed by atoms with Gasteiger partial charge in [0.15, 0.2) is 21.6 Å². The van der Waals surface area contributed by atoms with Crippen molar-refractivity contribution in [1.29, 1.82) is 0 Å². The Morgan fingerprint density at radius 1 is 1.22 bits per heavy atom. The number of nitrogens with one attached hydrogen (secondary N) is 1. The van der Waals surface area contributed by atoms with Crippen LogP contribution in [-0.4, -0.2) is 35.3 Å². The Bertz CT molecular complexity index is 846. The average Bonchev–Trinajstić information content (AvgIpc) is 3.41. The van der Waals surface area contributed by atoms with Crippen molar-refractivity contribution in [3.63, 3.8) is 0 Å². The number of nitrogens with zero attached hydrogens (tertiary/aromatic N) is 1. The van der Waals surface area contributed by atoms with E-state index in [-0.39, 0.29) is 18.5 Å². The number of fused-ring (bicyclic) bond motifs is 1. The molecule has 27 heavy (non-hydrogen) atoms. The molecular formula is C19H20N2O4S2. The van der Waals surface area contributed by atoms with Gasteiger partial charge in [0.25, 0.3) is 0 Å². The number of carbonyl (C=O) groups excluding carboxylic acids is 2. The number of Topliss-reactive ketones (excluding diaryl/α,β-unsaturated/α-hetero) is 1. The van der Waals surface area contributed by atoms with E-state index in [1.54, 1.807) is 18.2 Å². The molecule has 0 spiro atoms. The first-order valence-electron chi connectivity index (χ1n) is 8.97. The van der Waals surface area contributed by atoms with E-state index < -0.39 is 0 Å². The molecule has 2 aromatic rings. The first-order valence-corrected chi connectivity index (χ1v) is 10.8. The van der Waals surface area contributed by atoms with Gasteiger partial charge >= 0.3 is 0 Å². The summed E-state index contributed by atoms with van der Waals surface area (Å²) in [5.41, 5.74) is 1.35. The monoisotopic (exact) mass is 404 g/mol. The molecular weight excluding hydrogens is 384 g/mol. The number of amides is 1. The van der Waals surface area contributed by atoms with Crippen molar-refractivity contribution in [2.75, 3.05) is 12.5 Å². The quantitative estimate of drug-likeness (QED) is 0.563. The number of ether oxygens (including phenoxy) is 2. The summed E-state index contributed by atoms with van der Waals surface area (Å²) in [4.78, 5) is 29.0. The zero-order valence-corrected chi connectivity index (χ0v) is 16.4. The fraction of sp³-hybridized carbons (Fsp3) is 0.421. The highest BCUT2D eigenvalue weighted by Gasteiger charge is 2.19. The predicted molar refractivity (Wildman–Crippen MR) is 104 cm³/mol. The van der Waals surface area contributed by atoms with Crippen molar-refractivity contribution < 1.29 is 19.1 Å². The fourth-order valence-corrected chi connectivity index (χ4v) is 4.97. The molecule has 142 valence electrons. The number of carbonyl (C=O) groups is 2. The van der Waals surface area contributed by atoms with Crippen molar-refractivity contribution in [1.82, 2.24) is 10.3 Å². The minimum atomic E-state index is 0.00836. The highest BCUT2D eigenvalue weighted by atomic mass is 32.2. The van der Waals surface area contributed by atoms with Gasteiger partial charge < -0.3 is 14.8 Å². The van der Waals surface area contributed by atoms with Crippen LogP contribution in [0.1, 0.15) is 41.7 Å². The van der Waals surface area contributed by atoms with Gasteiger partial charge in [0, 0.05) is 17.0 Å². The van der Waals surface area contributed by atoms with Crippen molar-refractivity contribution in [3.8, 4) is 11.5 Å². The minimum Gasteiger partial charge on any atom is -0.454 e. The number of thioether (sulfide) groups is 1. The third kappa shape index (κ3) is 4.62. The molecule has 1 N–H and O–H groups in total. The molecule has 0 atom stereocenters. The second-order valence-electron chi connectivity index (χ2n) is 6.61. The summed E-state index contributed by atoms with van der Waals surface area (Å²) >= 11 is 2.86. The van der Waals surface area contributed by atoms with Gasteiger partial charge in [-0.1, -0.05) is 24.6 Å². The maximum absolute atomic E-state index is 12.4. The summed E-state index contributed by atoms with van der Waals surface area (Å²) in [7, 11) is 0. The molecule has 1 amide bonds. The lowest BCUT2D eigenvalue weighted by Gasteiger charge is -2.10. The summed E-state index contributed by atoms with van der Waals surface area (Å²) in [6, 6.07) is 5.54. The zero-order chi connectivity index (χ0) is 18.6. The first-order chi connectivity index (χ1) is 13.2. The van der Waals surface area contributed by atoms with Gasteiger partial charge in [0.05, 0.1) is 17.9 Å². The van der Waals surface area contributed by atoms with E-state index in [9.17, 15) is 9.59 Å². The molecule has 0 radical (unpaired) electrons. The Morgan fingerprint density at radius 3 is 2.89 bits per heavy atom. The third-order valence-electron chi connectivity index (χ3n) is 4.61. The number of rotatable bonds is 7. The molecule has 6 nitrogen and oxygen atoms in total. The van der Waals surface area contributed by atoms with Crippen LogP contribution >= 0.6 is 23.1 Å². The zero-order valence-electron chi connectivity index (χ0n) is 14.7. The summed E-state index contributed by atoms with van der Waals surface area (Å²) < 4.78 is 11.4. The second-order valence-corrected chi connectivity index (χ2v) is 8.69. The van der Waals surface area contributed by atoms with Crippen LogP contribution in [0.3, 0.4) is 0 Å². The summed E-state index contributed by atoms with van der Waals surface area (Å²) in [5, 5.41) is 4.96. The smallest absolute Gasteiger partial charge is 0.231 e. The van der Waals surface area contributed by atoms with Crippen LogP contribution in [-0.2, 0) is 11.2 Å². The largest absolute Gasteiger partial charge is 0.454 e. The normalized spacial score (nSPS) is 15.9. The highest BCUT2D eigenvalue weighted by molar-refractivity contribution is 8.01. The van der Waals surface area contributed by atoms with Gasteiger partial charge in [-0.25, -0.2) is 4.98 Å². The van der Waals surface area contributed by atoms with Crippen LogP contribution in [0.25, 0.3) is 0 Å². The van der Waals surface area contributed by atoms with E-state index in [1.165, 1.54) is 35.9 Å². The van der Waals surface area contributed by atoms with Crippen molar-refractivity contribution in [2.45, 2.75) is 42.5 Å². The highest BCUT2D eigenvalue weighted by Crippen LogP contribution is 2.33. The van der Waals surface area contributed by atoms with Crippen LogP contribution in [0, 0.1) is 0 Å². The van der Waals surface area contributed by atoms with E-state index in [2.05, 4.69) is 10.3 Å². The molecule has 1 fully saturated rings. The lowest BCUT2D eigenvalue weighted by Crippen LogP contribution is -2.33. The molecule has 1 aliphatic heterocycles. The Balaban J connectivity index is 1.27. The van der Waals surface area contributed by atoms with E-state index in [0.717, 1.165) is 22.9 Å². The molecule has 2 heterocycles. The number of hydrogen-bond acceptors (Lipinski definition) is 7. The SMILES string of the molecule is O=C(Cc1csc(SCC(=O)c2ccc3c(c2)OCO3)n1)NC1CCCC1. The van der Waals surface area contributed by atoms with E-state index in [1.807, 2.05) is 5.38 Å². The van der Waals surface area contributed by atoms with E-state index in [4.69, 9.17) is 9.47 Å². The number of ketones is 1. The Labute approximate surface area is 165 Å². The minimum absolute atomic E-state index is 0.00836. The Kier molecular flexibility index (Phi) is 5.63. The van der Waals surface area contributed by atoms with Crippen molar-refractivity contribution in [3.05, 3.63) is 34.8 Å². The van der Waals surface area contributed by atoms with Crippen LogP contribution in [0.15, 0.2) is 27.9 Å². The number of thiazole rings is 1. The predicted octanol–water partition coefficient (Wildman–Crippen LogP) is 3.45. The summed E-state index contributed by atoms with van der Waals surface area (Å²) in [5.74, 6) is 1.60.